The molecule has 2 saturated heterocycles. The van der Waals surface area contributed by atoms with Crippen LogP contribution in [0.3, 0.4) is 0 Å². The van der Waals surface area contributed by atoms with Crippen LogP contribution in [0.25, 0.3) is 0 Å². The largest absolute Gasteiger partial charge is 0.473 e. The molecule has 14 nitrogen and oxygen atoms in total. The molecule has 6 rings (SSSR count). The normalized spacial score (nSPS) is 27.2. The molecule has 5 heterocycles. The van der Waals surface area contributed by atoms with Gasteiger partial charge in [-0.25, -0.2) is 14.8 Å². The van der Waals surface area contributed by atoms with Crippen LogP contribution in [0.15, 0.2) is 16.2 Å². The lowest BCUT2D eigenvalue weighted by Crippen LogP contribution is -2.55. The molecule has 0 bridgehead atoms. The van der Waals surface area contributed by atoms with E-state index in [4.69, 9.17) is 24.3 Å². The van der Waals surface area contributed by atoms with Crippen LogP contribution in [-0.4, -0.2) is 119 Å². The van der Waals surface area contributed by atoms with Gasteiger partial charge < -0.3 is 34.1 Å². The Kier molecular flexibility index (Phi) is 10.5. The van der Waals surface area contributed by atoms with Crippen molar-refractivity contribution in [3.8, 4) is 11.9 Å². The second-order valence-electron chi connectivity index (χ2n) is 16.0. The Morgan fingerprint density at radius 2 is 2.04 bits per heavy atom. The Labute approximate surface area is 311 Å². The number of likely N-dealkylation sites (tertiary alicyclic amines) is 1. The zero-order valence-corrected chi connectivity index (χ0v) is 32.8. The first kappa shape index (κ1) is 37.7. The maximum Gasteiger partial charge on any atom is 0.410 e. The van der Waals surface area contributed by atoms with Gasteiger partial charge >= 0.3 is 11.9 Å². The van der Waals surface area contributed by atoms with E-state index in [1.54, 1.807) is 11.2 Å². The molecule has 5 atom stereocenters. The second kappa shape index (κ2) is 14.4. The number of aliphatic imine (C=N–C) groups is 1. The van der Waals surface area contributed by atoms with Crippen molar-refractivity contribution in [2.45, 2.75) is 115 Å². The molecule has 1 aliphatic carbocycles. The van der Waals surface area contributed by atoms with E-state index in [1.165, 1.54) is 11.3 Å². The lowest BCUT2D eigenvalue weighted by atomic mass is 9.68. The number of fused-ring (bicyclic) bond motifs is 1. The van der Waals surface area contributed by atoms with Gasteiger partial charge in [-0.15, -0.1) is 11.3 Å². The Morgan fingerprint density at radius 1 is 1.27 bits per heavy atom. The highest BCUT2D eigenvalue weighted by atomic mass is 32.1. The molecular formula is C37H53N9O5S. The van der Waals surface area contributed by atoms with Crippen molar-refractivity contribution >= 4 is 40.3 Å². The van der Waals surface area contributed by atoms with E-state index in [0.29, 0.717) is 47.6 Å². The minimum absolute atomic E-state index is 0.0196. The van der Waals surface area contributed by atoms with Crippen LogP contribution in [0.2, 0.25) is 0 Å². The first-order valence-electron chi connectivity index (χ1n) is 18.3. The van der Waals surface area contributed by atoms with Crippen molar-refractivity contribution in [1.29, 1.82) is 5.26 Å². The highest BCUT2D eigenvalue weighted by molar-refractivity contribution is 7.16. The summed E-state index contributed by atoms with van der Waals surface area (Å²) >= 11 is 1.54. The minimum Gasteiger partial charge on any atom is -0.473 e. The van der Waals surface area contributed by atoms with Crippen LogP contribution in [-0.2, 0) is 27.2 Å². The number of hydrogen-bond donors (Lipinski definition) is 1. The standard InChI is InChI=1S/C37H53N9O5S/c1-23-21-45(34(47)50-35(3,4)5)16-17-46(23)29-18-30(49-24(2)26-12-11-15-44(26)9)41-33(40-29)37(48)19-28(42-51-37)36(6)14-10-13-27-31(36)25(20-38)32(52-27)39-22-43(7)8/h18,22-24,26,48H,10-17,19,21H2,1-9H3/t23-,24+,26+,36-,37?/m1/s1. The molecule has 0 radical (unpaired) electrons. The van der Waals surface area contributed by atoms with Gasteiger partial charge in [0.25, 0.3) is 0 Å². The number of anilines is 1. The van der Waals surface area contributed by atoms with Gasteiger partial charge in [0.15, 0.2) is 0 Å². The summed E-state index contributed by atoms with van der Waals surface area (Å²) in [7, 11) is 5.89. The van der Waals surface area contributed by atoms with Gasteiger partial charge in [-0.2, -0.15) is 10.2 Å². The Morgan fingerprint density at radius 3 is 2.69 bits per heavy atom. The van der Waals surface area contributed by atoms with Crippen LogP contribution in [0.4, 0.5) is 15.6 Å². The highest BCUT2D eigenvalue weighted by Crippen LogP contribution is 2.51. The van der Waals surface area contributed by atoms with Gasteiger partial charge in [0.1, 0.15) is 28.6 Å². The predicted octanol–water partition coefficient (Wildman–Crippen LogP) is 5.15. The van der Waals surface area contributed by atoms with Gasteiger partial charge in [-0.05, 0) is 92.8 Å². The minimum atomic E-state index is -1.96. The fourth-order valence-corrected chi connectivity index (χ4v) is 9.08. The van der Waals surface area contributed by atoms with Crippen LogP contribution in [0, 0.1) is 11.3 Å². The number of ether oxygens (including phenoxy) is 2. The number of oxime groups is 1. The van der Waals surface area contributed by atoms with E-state index in [0.717, 1.165) is 49.1 Å². The van der Waals surface area contributed by atoms with E-state index in [9.17, 15) is 15.2 Å². The van der Waals surface area contributed by atoms with Crippen LogP contribution in [0.5, 0.6) is 5.88 Å². The number of nitriles is 1. The van der Waals surface area contributed by atoms with E-state index < -0.39 is 16.8 Å². The lowest BCUT2D eigenvalue weighted by molar-refractivity contribution is -0.199. The molecule has 2 aromatic heterocycles. The fraction of sp³-hybridized carbons (Fsp3) is 0.676. The van der Waals surface area contributed by atoms with Gasteiger partial charge in [0.05, 0.1) is 24.0 Å². The summed E-state index contributed by atoms with van der Waals surface area (Å²) in [6.45, 7) is 14.1. The number of carbonyl (C=O) groups is 1. The molecule has 1 N–H and O–H groups in total. The van der Waals surface area contributed by atoms with Gasteiger partial charge in [-0.1, -0.05) is 5.16 Å². The molecule has 4 aliphatic rings. The van der Waals surface area contributed by atoms with Gasteiger partial charge in [0, 0.05) is 62.2 Å². The number of likely N-dealkylation sites (N-methyl/N-ethyl adjacent to an activating group) is 1. The third-order valence-corrected chi connectivity index (χ3v) is 11.7. The predicted molar refractivity (Wildman–Crippen MR) is 201 cm³/mol. The van der Waals surface area contributed by atoms with E-state index >= 15 is 0 Å². The summed E-state index contributed by atoms with van der Waals surface area (Å²) in [5.74, 6) is -1.02. The van der Waals surface area contributed by atoms with E-state index in [-0.39, 0.29) is 36.5 Å². The molecular weight excluding hydrogens is 683 g/mol. The number of aliphatic hydroxyl groups is 1. The average Bonchev–Trinajstić information content (AvgIpc) is 3.80. The molecule has 0 aromatic carbocycles. The van der Waals surface area contributed by atoms with Crippen molar-refractivity contribution in [3.05, 3.63) is 27.9 Å². The SMILES string of the molecule is C[C@H](Oc1cc(N2CCN(C(=O)OC(C)(C)C)C[C@H]2C)nc(C2(O)CC([C@@]3(C)CCCc4sc(N=CN(C)C)c(C#N)c43)=NO2)n1)[C@@H]1CCCN1C. The van der Waals surface area contributed by atoms with Gasteiger partial charge in [-0.3, -0.25) is 4.90 Å². The highest BCUT2D eigenvalue weighted by Gasteiger charge is 2.51. The van der Waals surface area contributed by atoms with Crippen LogP contribution in [0.1, 0.15) is 95.5 Å². The second-order valence-corrected chi connectivity index (χ2v) is 17.1. The number of piperazine rings is 1. The molecule has 52 heavy (non-hydrogen) atoms. The number of aryl methyl sites for hydroxylation is 1. The number of thiophene rings is 1. The number of nitrogens with zero attached hydrogens (tertiary/aromatic N) is 9. The maximum absolute atomic E-state index is 12.9. The summed E-state index contributed by atoms with van der Waals surface area (Å²) in [5, 5.41) is 27.7. The molecule has 1 amide bonds. The first-order valence-corrected chi connectivity index (χ1v) is 19.1. The summed E-state index contributed by atoms with van der Waals surface area (Å²) in [6.07, 6.45) is 5.82. The summed E-state index contributed by atoms with van der Waals surface area (Å²) in [6, 6.07) is 4.34. The van der Waals surface area contributed by atoms with Crippen molar-refractivity contribution in [3.63, 3.8) is 0 Å². The molecule has 0 spiro atoms. The van der Waals surface area contributed by atoms with Crippen molar-refractivity contribution in [2.24, 2.45) is 10.1 Å². The third-order valence-electron chi connectivity index (χ3n) is 10.5. The number of hydrogen-bond acceptors (Lipinski definition) is 13. The van der Waals surface area contributed by atoms with E-state index in [1.807, 2.05) is 59.7 Å². The van der Waals surface area contributed by atoms with Crippen LogP contribution >= 0.6 is 11.3 Å². The molecule has 1 unspecified atom stereocenters. The van der Waals surface area contributed by atoms with Gasteiger partial charge in [0.2, 0.25) is 11.7 Å². The molecule has 15 heteroatoms. The topological polar surface area (TPSA) is 152 Å². The maximum atomic E-state index is 12.9. The zero-order chi connectivity index (χ0) is 37.6. The quantitative estimate of drug-likeness (QED) is 0.283. The van der Waals surface area contributed by atoms with E-state index in [2.05, 4.69) is 40.0 Å². The monoisotopic (exact) mass is 735 g/mol. The molecule has 2 fully saturated rings. The number of amides is 1. The third kappa shape index (κ3) is 7.56. The van der Waals surface area contributed by atoms with Crippen molar-refractivity contribution in [2.75, 3.05) is 52.2 Å². The summed E-state index contributed by atoms with van der Waals surface area (Å²) < 4.78 is 12.2. The lowest BCUT2D eigenvalue weighted by Gasteiger charge is -2.41. The summed E-state index contributed by atoms with van der Waals surface area (Å²) in [4.78, 5) is 42.2. The zero-order valence-electron chi connectivity index (χ0n) is 32.0. The molecule has 3 aliphatic heterocycles. The molecule has 282 valence electrons. The molecule has 2 aromatic rings. The Balaban J connectivity index is 1.31. The first-order chi connectivity index (χ1) is 24.5. The Hall–Kier alpha value is -4.00. The smallest absolute Gasteiger partial charge is 0.410 e. The number of aromatic nitrogens is 2. The molecule has 0 saturated carbocycles. The number of rotatable bonds is 8. The summed E-state index contributed by atoms with van der Waals surface area (Å²) in [5.41, 5.74) is 0.832. The Bertz CT molecular complexity index is 1770. The van der Waals surface area contributed by atoms with Crippen LogP contribution < -0.4 is 9.64 Å². The van der Waals surface area contributed by atoms with Crippen molar-refractivity contribution in [1.82, 2.24) is 24.7 Å². The van der Waals surface area contributed by atoms with Crippen molar-refractivity contribution < 1.29 is 24.2 Å². The average molecular weight is 736 g/mol. The number of carbonyl (C=O) groups excluding carboxylic acids is 1. The fourth-order valence-electron chi connectivity index (χ4n) is 7.82.